The largest absolute Gasteiger partial charge is 0.392 e. The number of hydrogen-bond acceptors (Lipinski definition) is 3. The van der Waals surface area contributed by atoms with Gasteiger partial charge in [0.1, 0.15) is 6.23 Å². The van der Waals surface area contributed by atoms with Gasteiger partial charge in [-0.05, 0) is 24.1 Å². The van der Waals surface area contributed by atoms with E-state index in [0.29, 0.717) is 6.54 Å². The molecule has 0 radical (unpaired) electrons. The van der Waals surface area contributed by atoms with Crippen LogP contribution in [0.1, 0.15) is 41.7 Å². The Labute approximate surface area is 177 Å². The summed E-state index contributed by atoms with van der Waals surface area (Å²) in [5.41, 5.74) is 5.94. The maximum atomic E-state index is 13.1. The first-order chi connectivity index (χ1) is 15.2. The summed E-state index contributed by atoms with van der Waals surface area (Å²) in [6, 6.07) is 16.4. The molecule has 3 aromatic carbocycles. The summed E-state index contributed by atoms with van der Waals surface area (Å²) in [6.07, 6.45) is -0.00101. The summed E-state index contributed by atoms with van der Waals surface area (Å²) in [7, 11) is 0. The molecule has 4 heterocycles. The molecule has 0 aliphatic carbocycles. The fraction of sp³-hybridized carbons (Fsp3) is 0.240. The average molecular weight is 411 g/mol. The number of para-hydroxylation sites is 2. The Kier molecular flexibility index (Phi) is 3.28. The van der Waals surface area contributed by atoms with Gasteiger partial charge in [0.15, 0.2) is 6.23 Å². The van der Waals surface area contributed by atoms with E-state index in [1.165, 1.54) is 0 Å². The van der Waals surface area contributed by atoms with Crippen molar-refractivity contribution in [3.8, 4) is 0 Å². The first-order valence-electron chi connectivity index (χ1n) is 10.8. The zero-order valence-electron chi connectivity index (χ0n) is 17.1. The average Bonchev–Trinajstić information content (AvgIpc) is 3.42. The molecule has 154 valence electrons. The van der Waals surface area contributed by atoms with Gasteiger partial charge in [-0.15, -0.1) is 0 Å². The number of carbonyl (C=O) groups is 1. The second-order valence-corrected chi connectivity index (χ2v) is 8.39. The van der Waals surface area contributed by atoms with Crippen LogP contribution in [0, 0.1) is 0 Å². The molecular formula is C25H21N3O3. The topological polar surface area (TPSA) is 68.4 Å². The Hall–Kier alpha value is -3.35. The summed E-state index contributed by atoms with van der Waals surface area (Å²) in [5.74, 6) is -0.0199. The van der Waals surface area contributed by atoms with Crippen molar-refractivity contribution in [2.45, 2.75) is 32.3 Å². The number of benzene rings is 3. The molecule has 2 unspecified atom stereocenters. The van der Waals surface area contributed by atoms with Crippen molar-refractivity contribution in [1.29, 1.82) is 0 Å². The van der Waals surface area contributed by atoms with E-state index in [0.717, 1.165) is 61.2 Å². The third-order valence-electron chi connectivity index (χ3n) is 6.95. The molecule has 1 amide bonds. The van der Waals surface area contributed by atoms with Crippen molar-refractivity contribution in [2.75, 3.05) is 6.61 Å². The highest BCUT2D eigenvalue weighted by Gasteiger charge is 2.36. The molecule has 7 rings (SSSR count). The number of hydrogen-bond donors (Lipinski definition) is 2. The summed E-state index contributed by atoms with van der Waals surface area (Å²) < 4.78 is 10.9. The molecule has 0 fully saturated rings. The smallest absolute Gasteiger partial charge is 0.252 e. The summed E-state index contributed by atoms with van der Waals surface area (Å²) in [6.45, 7) is 2.48. The highest BCUT2D eigenvalue weighted by molar-refractivity contribution is 6.30. The van der Waals surface area contributed by atoms with Crippen LogP contribution >= 0.6 is 0 Å². The molecule has 5 aromatic rings. The molecule has 2 aliphatic rings. The lowest BCUT2D eigenvalue weighted by Crippen LogP contribution is -2.20. The van der Waals surface area contributed by atoms with E-state index in [9.17, 15) is 9.90 Å². The molecule has 0 saturated carbocycles. The molecule has 6 nitrogen and oxygen atoms in total. The van der Waals surface area contributed by atoms with E-state index in [2.05, 4.69) is 45.6 Å². The van der Waals surface area contributed by atoms with Crippen molar-refractivity contribution >= 4 is 49.5 Å². The maximum Gasteiger partial charge on any atom is 0.252 e. The molecular weight excluding hydrogens is 390 g/mol. The third kappa shape index (κ3) is 1.93. The Balaban J connectivity index is 1.89. The minimum absolute atomic E-state index is 0.0199. The van der Waals surface area contributed by atoms with E-state index in [-0.39, 0.29) is 18.7 Å². The standard InChI is InChI=1S/C25H21N3O3/c1-2-18-27-17-10-6-4-8-14(17)21-22-15(11-26-25(22)30)20-13-7-3-5-9-16(13)28(19(12-29)31-18)23(20)24(21)27/h3-10,18-19,29H,2,11-12H2,1H3,(H,26,30). The molecule has 2 aliphatic heterocycles. The van der Waals surface area contributed by atoms with Crippen LogP contribution in [0.25, 0.3) is 43.6 Å². The van der Waals surface area contributed by atoms with Crippen LogP contribution in [0.15, 0.2) is 48.5 Å². The van der Waals surface area contributed by atoms with Gasteiger partial charge in [-0.25, -0.2) is 0 Å². The molecule has 2 aromatic heterocycles. The molecule has 31 heavy (non-hydrogen) atoms. The van der Waals surface area contributed by atoms with E-state index < -0.39 is 6.23 Å². The number of nitrogens with one attached hydrogen (secondary N) is 1. The van der Waals surface area contributed by atoms with Crippen LogP contribution in [0.4, 0.5) is 0 Å². The number of aliphatic hydroxyl groups is 1. The van der Waals surface area contributed by atoms with Crippen LogP contribution in [-0.2, 0) is 11.3 Å². The van der Waals surface area contributed by atoms with E-state index in [1.54, 1.807) is 0 Å². The number of nitrogens with zero attached hydrogens (tertiary/aromatic N) is 2. The zero-order valence-corrected chi connectivity index (χ0v) is 17.1. The minimum atomic E-state index is -0.502. The normalized spacial score (nSPS) is 20.3. The Morgan fingerprint density at radius 3 is 2.26 bits per heavy atom. The number of fused-ring (bicyclic) bond motifs is 9. The monoisotopic (exact) mass is 411 g/mol. The molecule has 0 saturated heterocycles. The number of carbonyl (C=O) groups excluding carboxylic acids is 1. The van der Waals surface area contributed by atoms with E-state index >= 15 is 0 Å². The van der Waals surface area contributed by atoms with Gasteiger partial charge < -0.3 is 24.3 Å². The molecule has 0 spiro atoms. The van der Waals surface area contributed by atoms with Crippen molar-refractivity contribution < 1.29 is 14.6 Å². The van der Waals surface area contributed by atoms with Crippen LogP contribution in [0.2, 0.25) is 0 Å². The van der Waals surface area contributed by atoms with Crippen LogP contribution in [0.5, 0.6) is 0 Å². The highest BCUT2D eigenvalue weighted by atomic mass is 16.5. The van der Waals surface area contributed by atoms with Crippen LogP contribution in [0.3, 0.4) is 0 Å². The number of ether oxygens (including phenoxy) is 1. The van der Waals surface area contributed by atoms with Crippen molar-refractivity contribution in [3.63, 3.8) is 0 Å². The van der Waals surface area contributed by atoms with E-state index in [4.69, 9.17) is 4.74 Å². The second kappa shape index (κ2) is 5.87. The van der Waals surface area contributed by atoms with Gasteiger partial charge in [0.2, 0.25) is 0 Å². The minimum Gasteiger partial charge on any atom is -0.392 e. The highest BCUT2D eigenvalue weighted by Crippen LogP contribution is 2.49. The molecule has 6 heteroatoms. The van der Waals surface area contributed by atoms with Crippen molar-refractivity contribution in [1.82, 2.24) is 14.5 Å². The predicted octanol–water partition coefficient (Wildman–Crippen LogP) is 4.58. The SMILES string of the molecule is CCC1OC(CO)n2c3ccccc3c3c4c(c5c6ccccc6n1c5c32)C(=O)NC4. The van der Waals surface area contributed by atoms with Gasteiger partial charge in [0, 0.05) is 28.1 Å². The van der Waals surface area contributed by atoms with Gasteiger partial charge in [-0.2, -0.15) is 0 Å². The first kappa shape index (κ1) is 17.3. The fourth-order valence-electron chi connectivity index (χ4n) is 5.82. The molecule has 2 N–H and O–H groups in total. The molecule has 0 bridgehead atoms. The number of rotatable bonds is 2. The van der Waals surface area contributed by atoms with Crippen LogP contribution < -0.4 is 5.32 Å². The van der Waals surface area contributed by atoms with E-state index in [1.807, 2.05) is 24.3 Å². The van der Waals surface area contributed by atoms with Gasteiger partial charge in [0.05, 0.1) is 34.2 Å². The fourth-order valence-corrected chi connectivity index (χ4v) is 5.82. The van der Waals surface area contributed by atoms with Gasteiger partial charge >= 0.3 is 0 Å². The lowest BCUT2D eigenvalue weighted by molar-refractivity contribution is -0.103. The lowest BCUT2D eigenvalue weighted by Gasteiger charge is -2.24. The Morgan fingerprint density at radius 1 is 0.968 bits per heavy atom. The maximum absolute atomic E-state index is 13.1. The Bertz CT molecular complexity index is 1580. The summed E-state index contributed by atoms with van der Waals surface area (Å²) in [4.78, 5) is 13.1. The van der Waals surface area contributed by atoms with Gasteiger partial charge in [-0.1, -0.05) is 43.3 Å². The first-order valence-corrected chi connectivity index (χ1v) is 10.8. The number of aliphatic hydroxyl groups excluding tert-OH is 1. The molecule has 2 atom stereocenters. The Morgan fingerprint density at radius 2 is 1.58 bits per heavy atom. The summed E-state index contributed by atoms with van der Waals surface area (Å²) >= 11 is 0. The second-order valence-electron chi connectivity index (χ2n) is 8.39. The predicted molar refractivity (Wildman–Crippen MR) is 120 cm³/mol. The number of amides is 1. The van der Waals surface area contributed by atoms with Gasteiger partial charge in [-0.3, -0.25) is 4.79 Å². The quantitative estimate of drug-likeness (QED) is 0.447. The van der Waals surface area contributed by atoms with Crippen molar-refractivity contribution in [2.24, 2.45) is 0 Å². The lowest BCUT2D eigenvalue weighted by atomic mass is 9.97. The third-order valence-corrected chi connectivity index (χ3v) is 6.95. The summed E-state index contributed by atoms with van der Waals surface area (Å²) in [5, 5.41) is 17.6. The zero-order chi connectivity index (χ0) is 20.9. The van der Waals surface area contributed by atoms with Crippen LogP contribution in [-0.4, -0.2) is 26.8 Å². The van der Waals surface area contributed by atoms with Gasteiger partial charge in [0.25, 0.3) is 5.91 Å². The number of aromatic nitrogens is 2. The van der Waals surface area contributed by atoms with Crippen molar-refractivity contribution in [3.05, 3.63) is 59.7 Å².